The van der Waals surface area contributed by atoms with Gasteiger partial charge in [0.15, 0.2) is 0 Å². The van der Waals surface area contributed by atoms with Crippen molar-refractivity contribution in [1.29, 1.82) is 0 Å². The van der Waals surface area contributed by atoms with Crippen LogP contribution in [0.25, 0.3) is 5.65 Å². The molecule has 0 aliphatic rings. The molecule has 0 radical (unpaired) electrons. The summed E-state index contributed by atoms with van der Waals surface area (Å²) in [5.41, 5.74) is 1.54. The molecule has 0 bridgehead atoms. The molecule has 2 N–H and O–H groups in total. The second kappa shape index (κ2) is 7.36. The number of rotatable bonds is 6. The molecule has 3 heterocycles. The molecule has 7 nitrogen and oxygen atoms in total. The van der Waals surface area contributed by atoms with Gasteiger partial charge in [-0.3, -0.25) is 19.0 Å². The zero-order chi connectivity index (χ0) is 16.8. The van der Waals surface area contributed by atoms with E-state index in [9.17, 15) is 9.59 Å². The molecular weight excluding hydrogens is 306 g/mol. The Bertz CT molecular complexity index is 892. The smallest absolute Gasteiger partial charge is 0.281 e. The first-order chi connectivity index (χ1) is 11.7. The van der Waals surface area contributed by atoms with Gasteiger partial charge in [-0.25, -0.2) is 4.98 Å². The van der Waals surface area contributed by atoms with Gasteiger partial charge in [0.2, 0.25) is 5.91 Å². The minimum absolute atomic E-state index is 0.0119. The second-order valence-electron chi connectivity index (χ2n) is 5.18. The van der Waals surface area contributed by atoms with E-state index in [4.69, 9.17) is 0 Å². The lowest BCUT2D eigenvalue weighted by atomic mass is 10.3. The molecule has 3 rings (SSSR count). The highest BCUT2D eigenvalue weighted by Crippen LogP contribution is 2.01. The number of anilines is 1. The largest absolute Gasteiger partial charge is 0.370 e. The zero-order valence-corrected chi connectivity index (χ0v) is 13.0. The van der Waals surface area contributed by atoms with Crippen molar-refractivity contribution in [2.75, 3.05) is 18.4 Å². The summed E-state index contributed by atoms with van der Waals surface area (Å²) >= 11 is 0. The normalized spacial score (nSPS) is 10.5. The summed E-state index contributed by atoms with van der Waals surface area (Å²) in [6, 6.07) is 11.0. The summed E-state index contributed by atoms with van der Waals surface area (Å²) in [6.45, 7) is 0.504. The minimum Gasteiger partial charge on any atom is -0.370 e. The maximum absolute atomic E-state index is 12.3. The summed E-state index contributed by atoms with van der Waals surface area (Å²) in [5.74, 6) is -0.191. The molecule has 3 aromatic rings. The summed E-state index contributed by atoms with van der Waals surface area (Å²) in [4.78, 5) is 32.5. The molecule has 0 unspecified atom stereocenters. The molecule has 3 aromatic heterocycles. The van der Waals surface area contributed by atoms with E-state index in [1.165, 1.54) is 10.6 Å². The highest BCUT2D eigenvalue weighted by atomic mass is 16.2. The molecule has 0 saturated carbocycles. The third-order valence-electron chi connectivity index (χ3n) is 3.48. The van der Waals surface area contributed by atoms with Crippen molar-refractivity contribution in [2.45, 2.75) is 6.42 Å². The van der Waals surface area contributed by atoms with Crippen molar-refractivity contribution in [3.63, 3.8) is 0 Å². The van der Waals surface area contributed by atoms with E-state index in [1.54, 1.807) is 24.5 Å². The average Bonchev–Trinajstić information content (AvgIpc) is 2.62. The van der Waals surface area contributed by atoms with Gasteiger partial charge in [-0.05, 0) is 24.3 Å². The lowest BCUT2D eigenvalue weighted by Gasteiger charge is -2.08. The van der Waals surface area contributed by atoms with Crippen molar-refractivity contribution in [1.82, 2.24) is 19.7 Å². The summed E-state index contributed by atoms with van der Waals surface area (Å²) < 4.78 is 1.43. The number of nitrogens with zero attached hydrogens (tertiary/aromatic N) is 3. The molecule has 24 heavy (non-hydrogen) atoms. The number of fused-ring (bicyclic) bond motifs is 1. The van der Waals surface area contributed by atoms with Gasteiger partial charge < -0.3 is 10.6 Å². The number of hydrogen-bond donors (Lipinski definition) is 2. The van der Waals surface area contributed by atoms with Crippen LogP contribution in [0, 0.1) is 0 Å². The predicted octanol–water partition coefficient (Wildman–Crippen LogP) is 0.860. The number of amides is 1. The van der Waals surface area contributed by atoms with Gasteiger partial charge in [0.1, 0.15) is 11.3 Å². The lowest BCUT2D eigenvalue weighted by Crippen LogP contribution is -2.33. The molecule has 0 aromatic carbocycles. The number of pyridine rings is 2. The van der Waals surface area contributed by atoms with E-state index in [2.05, 4.69) is 20.6 Å². The van der Waals surface area contributed by atoms with Crippen LogP contribution >= 0.6 is 0 Å². The fraction of sp³-hybridized carbons (Fsp3) is 0.176. The minimum atomic E-state index is -0.234. The third kappa shape index (κ3) is 3.75. The SMILES string of the molecule is O=C(CNc1cnc2ccccn2c1=O)NCCc1ccccn1. The van der Waals surface area contributed by atoms with Gasteiger partial charge in [-0.1, -0.05) is 12.1 Å². The maximum atomic E-state index is 12.3. The van der Waals surface area contributed by atoms with Crippen LogP contribution in [-0.2, 0) is 11.2 Å². The van der Waals surface area contributed by atoms with E-state index in [0.717, 1.165) is 5.69 Å². The molecule has 0 aliphatic carbocycles. The van der Waals surface area contributed by atoms with Gasteiger partial charge >= 0.3 is 0 Å². The Balaban J connectivity index is 1.53. The third-order valence-corrected chi connectivity index (χ3v) is 3.48. The molecule has 1 amide bonds. The molecule has 0 spiro atoms. The zero-order valence-electron chi connectivity index (χ0n) is 13.0. The number of hydrogen-bond acceptors (Lipinski definition) is 5. The van der Waals surface area contributed by atoms with Crippen LogP contribution in [0.3, 0.4) is 0 Å². The first-order valence-electron chi connectivity index (χ1n) is 7.61. The van der Waals surface area contributed by atoms with Gasteiger partial charge in [-0.2, -0.15) is 0 Å². The number of aromatic nitrogens is 3. The Morgan fingerprint density at radius 3 is 2.83 bits per heavy atom. The quantitative estimate of drug-likeness (QED) is 0.702. The molecular formula is C17H17N5O2. The number of carbonyl (C=O) groups excluding carboxylic acids is 1. The Morgan fingerprint density at radius 2 is 2.00 bits per heavy atom. The Morgan fingerprint density at radius 1 is 1.12 bits per heavy atom. The van der Waals surface area contributed by atoms with Crippen LogP contribution in [-0.4, -0.2) is 33.4 Å². The van der Waals surface area contributed by atoms with E-state index < -0.39 is 0 Å². The maximum Gasteiger partial charge on any atom is 0.281 e. The summed E-state index contributed by atoms with van der Waals surface area (Å²) in [5, 5.41) is 5.62. The Labute approximate surface area is 138 Å². The molecule has 0 atom stereocenters. The van der Waals surface area contributed by atoms with Gasteiger partial charge in [-0.15, -0.1) is 0 Å². The molecule has 122 valence electrons. The van der Waals surface area contributed by atoms with Crippen LogP contribution in [0.5, 0.6) is 0 Å². The van der Waals surface area contributed by atoms with Crippen molar-refractivity contribution in [3.05, 3.63) is 71.0 Å². The van der Waals surface area contributed by atoms with E-state index in [0.29, 0.717) is 24.3 Å². The van der Waals surface area contributed by atoms with Crippen molar-refractivity contribution in [3.8, 4) is 0 Å². The van der Waals surface area contributed by atoms with Gasteiger partial charge in [0.25, 0.3) is 5.56 Å². The molecule has 7 heteroatoms. The van der Waals surface area contributed by atoms with Crippen LogP contribution in [0.4, 0.5) is 5.69 Å². The molecule has 0 fully saturated rings. The Hall–Kier alpha value is -3.22. The molecule has 0 saturated heterocycles. The fourth-order valence-electron chi connectivity index (χ4n) is 2.26. The van der Waals surface area contributed by atoms with Crippen molar-refractivity contribution < 1.29 is 4.79 Å². The monoisotopic (exact) mass is 323 g/mol. The van der Waals surface area contributed by atoms with Crippen LogP contribution < -0.4 is 16.2 Å². The first-order valence-corrected chi connectivity index (χ1v) is 7.61. The van der Waals surface area contributed by atoms with Crippen LogP contribution in [0.1, 0.15) is 5.69 Å². The van der Waals surface area contributed by atoms with E-state index in [-0.39, 0.29) is 18.0 Å². The van der Waals surface area contributed by atoms with Crippen LogP contribution in [0.15, 0.2) is 59.8 Å². The standard InChI is InChI=1S/C17H17N5O2/c23-16(19-9-7-13-5-1-3-8-18-13)12-20-14-11-21-15-6-2-4-10-22(15)17(14)24/h1-6,8,10-11,20H,7,9,12H2,(H,19,23). The second-order valence-corrected chi connectivity index (χ2v) is 5.18. The lowest BCUT2D eigenvalue weighted by molar-refractivity contribution is -0.119. The topological polar surface area (TPSA) is 88.4 Å². The first kappa shape index (κ1) is 15.7. The van der Waals surface area contributed by atoms with Crippen LogP contribution in [0.2, 0.25) is 0 Å². The number of carbonyl (C=O) groups is 1. The Kier molecular flexibility index (Phi) is 4.81. The highest BCUT2D eigenvalue weighted by Gasteiger charge is 2.06. The average molecular weight is 323 g/mol. The summed E-state index contributed by atoms with van der Waals surface area (Å²) in [6.07, 6.45) is 5.47. The summed E-state index contributed by atoms with van der Waals surface area (Å²) in [7, 11) is 0. The van der Waals surface area contributed by atoms with Crippen molar-refractivity contribution in [2.24, 2.45) is 0 Å². The fourth-order valence-corrected chi connectivity index (χ4v) is 2.26. The predicted molar refractivity (Wildman–Crippen MR) is 90.9 cm³/mol. The number of nitrogens with one attached hydrogen (secondary N) is 2. The molecule has 0 aliphatic heterocycles. The van der Waals surface area contributed by atoms with Gasteiger partial charge in [0, 0.05) is 31.1 Å². The van der Waals surface area contributed by atoms with E-state index in [1.807, 2.05) is 24.3 Å². The van der Waals surface area contributed by atoms with E-state index >= 15 is 0 Å². The van der Waals surface area contributed by atoms with Crippen molar-refractivity contribution >= 4 is 17.2 Å². The van der Waals surface area contributed by atoms with Gasteiger partial charge in [0.05, 0.1) is 12.7 Å². The highest BCUT2D eigenvalue weighted by molar-refractivity contribution is 5.80.